The lowest BCUT2D eigenvalue weighted by molar-refractivity contribution is -0.150. The number of aliphatic hydroxyl groups is 1. The van der Waals surface area contributed by atoms with Gasteiger partial charge in [-0.3, -0.25) is 9.59 Å². The Morgan fingerprint density at radius 3 is 2.29 bits per heavy atom. The first-order valence-electron chi connectivity index (χ1n) is 7.71. The van der Waals surface area contributed by atoms with E-state index in [4.69, 9.17) is 16.6 Å². The molecule has 0 aliphatic heterocycles. The first-order valence-corrected chi connectivity index (χ1v) is 8.35. The number of hydrogen-bond donors (Lipinski definition) is 6. The maximum atomic E-state index is 12.4. The lowest BCUT2D eigenvalue weighted by Gasteiger charge is -2.30. The minimum Gasteiger partial charge on any atom is -0.480 e. The van der Waals surface area contributed by atoms with Gasteiger partial charge in [0.05, 0.1) is 12.1 Å². The van der Waals surface area contributed by atoms with Crippen LogP contribution < -0.4 is 16.8 Å². The van der Waals surface area contributed by atoms with Crippen LogP contribution in [0.4, 0.5) is 0 Å². The van der Waals surface area contributed by atoms with Crippen molar-refractivity contribution < 1.29 is 24.6 Å². The van der Waals surface area contributed by atoms with E-state index in [1.807, 2.05) is 0 Å². The minimum atomic E-state index is -1.29. The van der Waals surface area contributed by atoms with Crippen LogP contribution in [0.3, 0.4) is 0 Å². The maximum Gasteiger partial charge on any atom is 0.327 e. The highest BCUT2D eigenvalue weighted by Gasteiger charge is 2.34. The topological polar surface area (TPSA) is 159 Å². The molecule has 0 radical (unpaired) electrons. The number of nitrogens with zero attached hydrogens (tertiary/aromatic N) is 1. The van der Waals surface area contributed by atoms with E-state index in [0.717, 1.165) is 11.3 Å². The first kappa shape index (κ1) is 22.6. The average molecular weight is 364 g/mol. The van der Waals surface area contributed by atoms with Gasteiger partial charge in [-0.2, -0.15) is 12.6 Å². The Kier molecular flexibility index (Phi) is 10.6. The number of nitrogens with two attached hydrogens (primary N) is 2. The van der Waals surface area contributed by atoms with Gasteiger partial charge in [0, 0.05) is 12.8 Å². The molecule has 4 atom stereocenters. The number of aliphatic hydroxyl groups excluding tert-OH is 1. The first-order chi connectivity index (χ1) is 11.2. The zero-order chi connectivity index (χ0) is 18.9. The summed E-state index contributed by atoms with van der Waals surface area (Å²) in [7, 11) is 1.28. The number of carboxylic acids is 1. The predicted molar refractivity (Wildman–Crippen MR) is 92.5 cm³/mol. The number of rotatable bonds is 11. The molecule has 0 unspecified atom stereocenters. The van der Waals surface area contributed by atoms with Crippen LogP contribution in [0.15, 0.2) is 0 Å². The second-order valence-corrected chi connectivity index (χ2v) is 5.97. The molecule has 0 aromatic carbocycles. The maximum absolute atomic E-state index is 12.4. The number of unbranched alkanes of at least 4 members (excludes halogenated alkanes) is 1. The second-order valence-electron chi connectivity index (χ2n) is 5.60. The molecule has 10 heteroatoms. The summed E-state index contributed by atoms with van der Waals surface area (Å²) >= 11 is 3.90. The summed E-state index contributed by atoms with van der Waals surface area (Å²) in [5.41, 5.74) is 11.1. The van der Waals surface area contributed by atoms with Gasteiger partial charge in [-0.1, -0.05) is 6.42 Å². The van der Waals surface area contributed by atoms with Crippen LogP contribution >= 0.6 is 12.6 Å². The van der Waals surface area contributed by atoms with Crippen molar-refractivity contribution in [2.45, 2.75) is 50.4 Å². The normalized spacial score (nSPS) is 15.9. The van der Waals surface area contributed by atoms with E-state index in [1.54, 1.807) is 0 Å². The van der Waals surface area contributed by atoms with Crippen LogP contribution in [-0.4, -0.2) is 76.5 Å². The number of carbonyl (C=O) groups is 3. The Bertz CT molecular complexity index is 435. The Morgan fingerprint density at radius 1 is 1.29 bits per heavy atom. The highest BCUT2D eigenvalue weighted by Crippen LogP contribution is 2.07. The van der Waals surface area contributed by atoms with Crippen molar-refractivity contribution in [2.75, 3.05) is 19.3 Å². The van der Waals surface area contributed by atoms with Crippen LogP contribution in [0, 0.1) is 0 Å². The van der Waals surface area contributed by atoms with Crippen molar-refractivity contribution in [3.8, 4) is 0 Å². The van der Waals surface area contributed by atoms with Gasteiger partial charge in [-0.15, -0.1) is 0 Å². The van der Waals surface area contributed by atoms with Gasteiger partial charge in [0.15, 0.2) is 0 Å². The Morgan fingerprint density at radius 2 is 1.88 bits per heavy atom. The molecule has 0 aliphatic carbocycles. The Labute approximate surface area is 147 Å². The van der Waals surface area contributed by atoms with E-state index in [2.05, 4.69) is 17.9 Å². The van der Waals surface area contributed by atoms with Gasteiger partial charge < -0.3 is 31.9 Å². The van der Waals surface area contributed by atoms with E-state index in [9.17, 15) is 19.5 Å². The monoisotopic (exact) mass is 364 g/mol. The highest BCUT2D eigenvalue weighted by atomic mass is 32.1. The molecule has 0 aromatic rings. The lowest BCUT2D eigenvalue weighted by Crippen LogP contribution is -2.58. The summed E-state index contributed by atoms with van der Waals surface area (Å²) < 4.78 is 0. The van der Waals surface area contributed by atoms with Crippen molar-refractivity contribution in [3.05, 3.63) is 0 Å². The number of likely N-dealkylation sites (N-methyl/N-ethyl adjacent to an activating group) is 1. The summed E-state index contributed by atoms with van der Waals surface area (Å²) in [6, 6.07) is -3.29. The number of nitrogens with one attached hydrogen (secondary N) is 1. The van der Waals surface area contributed by atoms with E-state index >= 15 is 0 Å². The van der Waals surface area contributed by atoms with Crippen LogP contribution in [-0.2, 0) is 14.4 Å². The number of carbonyl (C=O) groups excluding carboxylic acids is 2. The molecule has 0 aromatic heterocycles. The van der Waals surface area contributed by atoms with Crippen molar-refractivity contribution in [2.24, 2.45) is 11.5 Å². The smallest absolute Gasteiger partial charge is 0.327 e. The predicted octanol–water partition coefficient (Wildman–Crippen LogP) is -1.85. The molecule has 2 amide bonds. The van der Waals surface area contributed by atoms with Crippen molar-refractivity contribution >= 4 is 30.4 Å². The zero-order valence-electron chi connectivity index (χ0n) is 14.0. The average Bonchev–Trinajstić information content (AvgIpc) is 2.51. The molecule has 0 aliphatic rings. The molecule has 24 heavy (non-hydrogen) atoms. The largest absolute Gasteiger partial charge is 0.480 e. The molecule has 7 N–H and O–H groups in total. The zero-order valence-corrected chi connectivity index (χ0v) is 14.9. The quantitative estimate of drug-likeness (QED) is 0.185. The molecule has 140 valence electrons. The fourth-order valence-electron chi connectivity index (χ4n) is 2.03. The number of aliphatic carboxylic acids is 1. The van der Waals surface area contributed by atoms with Crippen LogP contribution in [0.5, 0.6) is 0 Å². The summed E-state index contributed by atoms with van der Waals surface area (Å²) in [4.78, 5) is 36.5. The summed E-state index contributed by atoms with van der Waals surface area (Å²) in [6.45, 7) is 1.82. The van der Waals surface area contributed by atoms with E-state index in [1.165, 1.54) is 14.0 Å². The van der Waals surface area contributed by atoms with Gasteiger partial charge in [0.1, 0.15) is 12.1 Å². The molecule has 0 saturated carbocycles. The molecule has 0 bridgehead atoms. The molecule has 0 saturated heterocycles. The number of amides is 2. The van der Waals surface area contributed by atoms with Gasteiger partial charge >= 0.3 is 5.97 Å². The van der Waals surface area contributed by atoms with E-state index < -0.39 is 42.0 Å². The molecular weight excluding hydrogens is 336 g/mol. The number of thiol groups is 1. The van der Waals surface area contributed by atoms with Gasteiger partial charge in [0.25, 0.3) is 0 Å². The molecule has 9 nitrogen and oxygen atoms in total. The van der Waals surface area contributed by atoms with Crippen molar-refractivity contribution in [1.29, 1.82) is 0 Å². The fourth-order valence-corrected chi connectivity index (χ4v) is 2.43. The fraction of sp³-hybridized carbons (Fsp3) is 0.786. The number of hydrogen-bond acceptors (Lipinski definition) is 7. The summed E-state index contributed by atoms with van der Waals surface area (Å²) in [6.07, 6.45) is 0.576. The standard InChI is InChI=1S/C14H28N4O5S/c1-8(19)11(13(21)18(2)10(7-24)14(22)23)17-12(20)9(16)5-3-4-6-15/h8-11,19,24H,3-7,15-16H2,1-2H3,(H,17,20)(H,22,23)/t8-,9+,10+,11+/m1/s1. The third kappa shape index (κ3) is 7.04. The molecular formula is C14H28N4O5S. The Balaban J connectivity index is 4.93. The molecule has 0 spiro atoms. The third-order valence-corrected chi connectivity index (χ3v) is 3.97. The van der Waals surface area contributed by atoms with Crippen LogP contribution in [0.2, 0.25) is 0 Å². The second kappa shape index (κ2) is 11.2. The van der Waals surface area contributed by atoms with E-state index in [-0.39, 0.29) is 5.75 Å². The SMILES string of the molecule is C[C@@H](O)[C@H](NC(=O)[C@@H](N)CCCCN)C(=O)N(C)[C@@H](CS)C(=O)O. The van der Waals surface area contributed by atoms with E-state index in [0.29, 0.717) is 19.4 Å². The van der Waals surface area contributed by atoms with Gasteiger partial charge in [-0.25, -0.2) is 4.79 Å². The van der Waals surface area contributed by atoms with Gasteiger partial charge in [0.2, 0.25) is 11.8 Å². The van der Waals surface area contributed by atoms with Crippen LogP contribution in [0.1, 0.15) is 26.2 Å². The molecule has 0 heterocycles. The Hall–Kier alpha value is -1.36. The van der Waals surface area contributed by atoms with Crippen LogP contribution in [0.25, 0.3) is 0 Å². The number of carboxylic acid groups (broad SMARTS) is 1. The van der Waals surface area contributed by atoms with Crippen molar-refractivity contribution in [3.63, 3.8) is 0 Å². The summed E-state index contributed by atoms with van der Waals surface area (Å²) in [5.74, 6) is -2.64. The third-order valence-electron chi connectivity index (χ3n) is 3.63. The lowest BCUT2D eigenvalue weighted by atomic mass is 10.1. The van der Waals surface area contributed by atoms with Gasteiger partial charge in [-0.05, 0) is 26.3 Å². The highest BCUT2D eigenvalue weighted by molar-refractivity contribution is 7.80. The molecule has 0 fully saturated rings. The summed E-state index contributed by atoms with van der Waals surface area (Å²) in [5, 5.41) is 21.3. The van der Waals surface area contributed by atoms with Crippen molar-refractivity contribution in [1.82, 2.24) is 10.2 Å². The molecule has 0 rings (SSSR count). The minimum absolute atomic E-state index is 0.101.